The quantitative estimate of drug-likeness (QED) is 0.536. The molecule has 32 heavy (non-hydrogen) atoms. The molecule has 3 heterocycles. The highest BCUT2D eigenvalue weighted by Gasteiger charge is 2.31. The molecule has 1 aliphatic rings. The normalized spacial score (nSPS) is 21.1. The summed E-state index contributed by atoms with van der Waals surface area (Å²) >= 11 is 13.0. The number of nitrogens with one attached hydrogen (secondary N) is 1. The van der Waals surface area contributed by atoms with Crippen molar-refractivity contribution in [2.75, 3.05) is 25.5 Å². The van der Waals surface area contributed by atoms with E-state index in [1.165, 1.54) is 0 Å². The number of nitrogens with zero attached hydrogens (tertiary/aromatic N) is 5. The largest absolute Gasteiger partial charge is 0.388 e. The molecular formula is C22H27Cl2FN6O. The van der Waals surface area contributed by atoms with E-state index >= 15 is 0 Å². The maximum atomic E-state index is 14.7. The lowest BCUT2D eigenvalue weighted by atomic mass is 9.87. The zero-order chi connectivity index (χ0) is 23.2. The molecule has 4 rings (SSSR count). The molecule has 172 valence electrons. The van der Waals surface area contributed by atoms with Crippen molar-refractivity contribution in [1.29, 1.82) is 0 Å². The summed E-state index contributed by atoms with van der Waals surface area (Å²) in [7, 11) is 1.92. The molecular weight excluding hydrogens is 454 g/mol. The van der Waals surface area contributed by atoms with Gasteiger partial charge in [-0.1, -0.05) is 23.2 Å². The topological polar surface area (TPSA) is 79.1 Å². The lowest BCUT2D eigenvalue weighted by Gasteiger charge is -2.33. The van der Waals surface area contributed by atoms with Gasteiger partial charge in [0.25, 0.3) is 0 Å². The monoisotopic (exact) mass is 480 g/mol. The number of likely N-dealkylation sites (tertiary alicyclic amines) is 1. The molecule has 2 aromatic heterocycles. The Balaban J connectivity index is 1.63. The van der Waals surface area contributed by atoms with Gasteiger partial charge in [-0.3, -0.25) is 0 Å². The Bertz CT molecular complexity index is 1130. The number of alkyl halides is 1. The van der Waals surface area contributed by atoms with Crippen molar-refractivity contribution in [3.8, 4) is 0 Å². The number of anilines is 2. The molecule has 0 radical (unpaired) electrons. The summed E-state index contributed by atoms with van der Waals surface area (Å²) in [6.07, 6.45) is 2.95. The number of hydrogen-bond donors (Lipinski definition) is 2. The number of aliphatic hydroxyl groups is 1. The van der Waals surface area contributed by atoms with E-state index in [0.29, 0.717) is 40.3 Å². The lowest BCUT2D eigenvalue weighted by molar-refractivity contribution is 0.0259. The van der Waals surface area contributed by atoms with Gasteiger partial charge >= 0.3 is 0 Å². The summed E-state index contributed by atoms with van der Waals surface area (Å²) in [4.78, 5) is 10.9. The summed E-state index contributed by atoms with van der Waals surface area (Å²) < 4.78 is 16.3. The summed E-state index contributed by atoms with van der Waals surface area (Å²) in [5, 5.41) is 19.3. The zero-order valence-corrected chi connectivity index (χ0v) is 20.0. The summed E-state index contributed by atoms with van der Waals surface area (Å²) in [6.45, 7) is 6.44. The average Bonchev–Trinajstić information content (AvgIpc) is 3.07. The molecule has 2 N–H and O–H groups in total. The fraction of sp³-hybridized carbons (Fsp3) is 0.500. The van der Waals surface area contributed by atoms with Crippen LogP contribution in [0, 0.1) is 0 Å². The number of hydrogen-bond acceptors (Lipinski definition) is 6. The number of fused-ring (bicyclic) bond motifs is 1. The average molecular weight is 481 g/mol. The van der Waals surface area contributed by atoms with Gasteiger partial charge in [0.1, 0.15) is 6.17 Å². The van der Waals surface area contributed by atoms with E-state index < -0.39 is 11.8 Å². The van der Waals surface area contributed by atoms with Gasteiger partial charge < -0.3 is 15.3 Å². The minimum absolute atomic E-state index is 0.259. The Kier molecular flexibility index (Phi) is 6.33. The lowest BCUT2D eigenvalue weighted by Crippen LogP contribution is -2.38. The molecule has 10 heteroatoms. The molecule has 1 fully saturated rings. The van der Waals surface area contributed by atoms with Crippen molar-refractivity contribution in [2.24, 2.45) is 0 Å². The van der Waals surface area contributed by atoms with Crippen molar-refractivity contribution in [3.05, 3.63) is 40.3 Å². The Morgan fingerprint density at radius 1 is 1.28 bits per heavy atom. The maximum absolute atomic E-state index is 14.7. The summed E-state index contributed by atoms with van der Waals surface area (Å²) in [5.74, 6) is 0.0776. The van der Waals surface area contributed by atoms with Crippen molar-refractivity contribution in [3.63, 3.8) is 0 Å². The minimum atomic E-state index is -0.996. The Morgan fingerprint density at radius 2 is 2.03 bits per heavy atom. The molecule has 0 spiro atoms. The first kappa shape index (κ1) is 23.2. The zero-order valence-electron chi connectivity index (χ0n) is 18.5. The van der Waals surface area contributed by atoms with Crippen LogP contribution in [0.15, 0.2) is 24.5 Å². The number of rotatable bonds is 5. The van der Waals surface area contributed by atoms with Gasteiger partial charge in [0.2, 0.25) is 5.95 Å². The molecule has 3 atom stereocenters. The SMILES string of the molecule is CC(n1ncc(Nc2ncc3cc(Cl)c([C@@H]4CCN(C)C[C@H]4F)cc3n2)c1Cl)C(C)(C)O. The first-order chi connectivity index (χ1) is 15.0. The maximum Gasteiger partial charge on any atom is 0.227 e. The third-order valence-electron chi connectivity index (χ3n) is 6.21. The van der Waals surface area contributed by atoms with Crippen LogP contribution in [-0.4, -0.2) is 61.7 Å². The van der Waals surface area contributed by atoms with Gasteiger partial charge in [0.15, 0.2) is 5.15 Å². The Morgan fingerprint density at radius 3 is 2.72 bits per heavy atom. The molecule has 0 aliphatic carbocycles. The number of halogens is 3. The summed E-state index contributed by atoms with van der Waals surface area (Å²) in [5.41, 5.74) is 0.968. The molecule has 1 aromatic carbocycles. The second kappa shape index (κ2) is 8.74. The van der Waals surface area contributed by atoms with Crippen LogP contribution in [0.5, 0.6) is 0 Å². The Labute approximate surface area is 196 Å². The van der Waals surface area contributed by atoms with Crippen LogP contribution < -0.4 is 5.32 Å². The molecule has 1 saturated heterocycles. The van der Waals surface area contributed by atoms with E-state index in [1.54, 1.807) is 37.0 Å². The second-order valence-corrected chi connectivity index (χ2v) is 9.81. The van der Waals surface area contributed by atoms with Crippen LogP contribution in [0.1, 0.15) is 44.7 Å². The first-order valence-corrected chi connectivity index (χ1v) is 11.3. The van der Waals surface area contributed by atoms with Gasteiger partial charge in [-0.25, -0.2) is 19.0 Å². The van der Waals surface area contributed by atoms with E-state index in [4.69, 9.17) is 23.2 Å². The van der Waals surface area contributed by atoms with E-state index in [0.717, 1.165) is 17.5 Å². The minimum Gasteiger partial charge on any atom is -0.388 e. The van der Waals surface area contributed by atoms with E-state index in [-0.39, 0.29) is 12.0 Å². The second-order valence-electron chi connectivity index (χ2n) is 9.05. The third kappa shape index (κ3) is 4.55. The number of piperidine rings is 1. The molecule has 0 saturated carbocycles. The van der Waals surface area contributed by atoms with Crippen molar-refractivity contribution in [2.45, 2.75) is 50.9 Å². The van der Waals surface area contributed by atoms with Gasteiger partial charge in [-0.05, 0) is 58.5 Å². The smallest absolute Gasteiger partial charge is 0.227 e. The predicted octanol–water partition coefficient (Wildman–Crippen LogP) is 4.97. The Hall–Kier alpha value is -2.00. The highest BCUT2D eigenvalue weighted by molar-refractivity contribution is 6.32. The fourth-order valence-corrected chi connectivity index (χ4v) is 4.54. The van der Waals surface area contributed by atoms with Crippen LogP contribution >= 0.6 is 23.2 Å². The van der Waals surface area contributed by atoms with Crippen molar-refractivity contribution < 1.29 is 9.50 Å². The van der Waals surface area contributed by atoms with E-state index in [2.05, 4.69) is 20.4 Å². The van der Waals surface area contributed by atoms with Gasteiger partial charge in [0, 0.05) is 29.1 Å². The van der Waals surface area contributed by atoms with E-state index in [1.807, 2.05) is 24.9 Å². The molecule has 0 amide bonds. The standard InChI is InChI=1S/C22H27Cl2FN6O/c1-12(22(2,3)32)31-20(24)19(10-27-31)29-21-26-9-13-7-16(23)15(8-18(13)28-21)14-5-6-30(4)11-17(14)25/h7-10,12,14,17,32H,5-6,11H2,1-4H3,(H,26,28,29)/t12?,14-,17+/m0/s1. The van der Waals surface area contributed by atoms with Gasteiger partial charge in [-0.15, -0.1) is 0 Å². The molecule has 0 bridgehead atoms. The van der Waals surface area contributed by atoms with E-state index in [9.17, 15) is 9.50 Å². The molecule has 7 nitrogen and oxygen atoms in total. The highest BCUT2D eigenvalue weighted by atomic mass is 35.5. The van der Waals surface area contributed by atoms with Crippen LogP contribution in [-0.2, 0) is 0 Å². The summed E-state index contributed by atoms with van der Waals surface area (Å²) in [6, 6.07) is 3.31. The first-order valence-electron chi connectivity index (χ1n) is 10.6. The van der Waals surface area contributed by atoms with Gasteiger partial charge in [-0.2, -0.15) is 5.10 Å². The van der Waals surface area contributed by atoms with Crippen molar-refractivity contribution >= 4 is 45.7 Å². The molecule has 1 unspecified atom stereocenters. The third-order valence-corrected chi connectivity index (χ3v) is 6.92. The number of aromatic nitrogens is 4. The molecule has 3 aromatic rings. The van der Waals surface area contributed by atoms with Crippen LogP contribution in [0.2, 0.25) is 10.2 Å². The predicted molar refractivity (Wildman–Crippen MR) is 126 cm³/mol. The highest BCUT2D eigenvalue weighted by Crippen LogP contribution is 2.37. The van der Waals surface area contributed by atoms with Crippen LogP contribution in [0.4, 0.5) is 16.0 Å². The fourth-order valence-electron chi connectivity index (χ4n) is 3.94. The van der Waals surface area contributed by atoms with Gasteiger partial charge in [0.05, 0.1) is 29.0 Å². The van der Waals surface area contributed by atoms with Crippen molar-refractivity contribution in [1.82, 2.24) is 24.6 Å². The van der Waals surface area contributed by atoms with Crippen LogP contribution in [0.25, 0.3) is 10.9 Å². The number of benzene rings is 1. The van der Waals surface area contributed by atoms with Crippen LogP contribution in [0.3, 0.4) is 0 Å². The molecule has 1 aliphatic heterocycles.